The van der Waals surface area contributed by atoms with Crippen LogP contribution in [0.15, 0.2) is 28.8 Å². The van der Waals surface area contributed by atoms with Crippen LogP contribution in [0.5, 0.6) is 6.08 Å². The Balaban J connectivity index is 1.48. The number of nitrogens with zero attached hydrogens (tertiary/aromatic N) is 3. The van der Waals surface area contributed by atoms with E-state index in [4.69, 9.17) is 14.3 Å². The monoisotopic (exact) mass is 399 g/mol. The van der Waals surface area contributed by atoms with E-state index in [-0.39, 0.29) is 36.6 Å². The Hall–Kier alpha value is -3.03. The van der Waals surface area contributed by atoms with Crippen molar-refractivity contribution in [2.24, 2.45) is 0 Å². The minimum Gasteiger partial charge on any atom is -0.475 e. The van der Waals surface area contributed by atoms with Gasteiger partial charge < -0.3 is 19.2 Å². The normalized spacial score (nSPS) is 18.6. The zero-order chi connectivity index (χ0) is 20.5. The van der Waals surface area contributed by atoms with Crippen molar-refractivity contribution in [1.29, 1.82) is 0 Å². The van der Waals surface area contributed by atoms with Crippen LogP contribution < -0.4 is 9.64 Å². The number of benzene rings is 1. The van der Waals surface area contributed by atoms with Crippen LogP contribution in [0.4, 0.5) is 10.5 Å². The van der Waals surface area contributed by atoms with Gasteiger partial charge in [-0.1, -0.05) is 6.07 Å². The van der Waals surface area contributed by atoms with Gasteiger partial charge in [-0.15, -0.1) is 0 Å². The highest BCUT2D eigenvalue weighted by Crippen LogP contribution is 2.32. The molecule has 1 aromatic carbocycles. The zero-order valence-electron chi connectivity index (χ0n) is 16.6. The number of anilines is 1. The third kappa shape index (κ3) is 3.79. The number of carboxylic acid groups (broad SMARTS) is 1. The number of aryl methyl sites for hydroxylation is 2. The summed E-state index contributed by atoms with van der Waals surface area (Å²) in [5.41, 5.74) is 3.63. The molecule has 0 saturated carbocycles. The average molecular weight is 399 g/mol. The number of carbonyl (C=O) groups is 2. The van der Waals surface area contributed by atoms with Crippen molar-refractivity contribution in [3.63, 3.8) is 0 Å². The summed E-state index contributed by atoms with van der Waals surface area (Å²) < 4.78 is 10.5. The van der Waals surface area contributed by atoms with Gasteiger partial charge in [-0.25, -0.2) is 9.59 Å². The standard InChI is InChI=1S/C21H25N3O5/c1-13(2)23-12-17(8-9-28-20-22-11-18(29-20)19(25)26)24(21(23)27)16-7-6-14-4-3-5-15(14)10-16/h6-7,10-11,13,17H,3-5,8-9,12H2,1-2H3,(H,25,26)/t17-/m0/s1. The van der Waals surface area contributed by atoms with E-state index >= 15 is 0 Å². The Morgan fingerprint density at radius 2 is 2.14 bits per heavy atom. The topological polar surface area (TPSA) is 96.1 Å². The van der Waals surface area contributed by atoms with Crippen LogP contribution in [-0.4, -0.2) is 52.2 Å². The van der Waals surface area contributed by atoms with E-state index < -0.39 is 5.97 Å². The summed E-state index contributed by atoms with van der Waals surface area (Å²) in [6.07, 6.45) is 4.95. The van der Waals surface area contributed by atoms with Gasteiger partial charge in [-0.3, -0.25) is 4.90 Å². The molecule has 1 aliphatic carbocycles. The van der Waals surface area contributed by atoms with Gasteiger partial charge >= 0.3 is 18.1 Å². The van der Waals surface area contributed by atoms with Crippen LogP contribution >= 0.6 is 0 Å². The summed E-state index contributed by atoms with van der Waals surface area (Å²) in [6.45, 7) is 4.91. The number of carboxylic acids is 1. The van der Waals surface area contributed by atoms with E-state index in [0.717, 1.165) is 31.1 Å². The fourth-order valence-corrected chi connectivity index (χ4v) is 4.07. The lowest BCUT2D eigenvalue weighted by atomic mass is 10.1. The number of ether oxygens (including phenoxy) is 1. The summed E-state index contributed by atoms with van der Waals surface area (Å²) in [5.74, 6) is -1.45. The second-order valence-electron chi connectivity index (χ2n) is 7.79. The minimum absolute atomic E-state index is 0.00670. The molecule has 154 valence electrons. The number of oxazole rings is 1. The summed E-state index contributed by atoms with van der Waals surface area (Å²) in [6, 6.07) is 6.38. The van der Waals surface area contributed by atoms with E-state index in [2.05, 4.69) is 17.1 Å². The predicted molar refractivity (Wildman–Crippen MR) is 106 cm³/mol. The first-order valence-corrected chi connectivity index (χ1v) is 9.97. The molecule has 2 heterocycles. The van der Waals surface area contributed by atoms with Gasteiger partial charge in [-0.2, -0.15) is 4.98 Å². The van der Waals surface area contributed by atoms with Crippen molar-refractivity contribution in [2.75, 3.05) is 18.1 Å². The average Bonchev–Trinajstić information content (AvgIpc) is 3.39. The number of amides is 2. The Bertz CT molecular complexity index is 923. The highest BCUT2D eigenvalue weighted by Gasteiger charge is 2.39. The van der Waals surface area contributed by atoms with Crippen molar-refractivity contribution in [3.05, 3.63) is 41.3 Å². The number of urea groups is 1. The molecule has 0 bridgehead atoms. The molecule has 8 nitrogen and oxygen atoms in total. The molecule has 1 saturated heterocycles. The molecule has 2 aliphatic rings. The first-order chi connectivity index (χ1) is 13.9. The molecule has 0 unspecified atom stereocenters. The van der Waals surface area contributed by atoms with Crippen LogP contribution in [0.3, 0.4) is 0 Å². The van der Waals surface area contributed by atoms with Crippen LogP contribution in [0.1, 0.15) is 48.4 Å². The van der Waals surface area contributed by atoms with E-state index in [1.165, 1.54) is 11.1 Å². The molecule has 1 atom stereocenters. The van der Waals surface area contributed by atoms with Crippen molar-refractivity contribution in [2.45, 2.75) is 51.6 Å². The third-order valence-corrected chi connectivity index (χ3v) is 5.58. The predicted octanol–water partition coefficient (Wildman–Crippen LogP) is 3.35. The quantitative estimate of drug-likeness (QED) is 0.767. The molecule has 1 aromatic heterocycles. The molecule has 0 radical (unpaired) electrons. The van der Waals surface area contributed by atoms with Crippen LogP contribution in [0, 0.1) is 0 Å². The first-order valence-electron chi connectivity index (χ1n) is 9.97. The smallest absolute Gasteiger partial charge is 0.394 e. The van der Waals surface area contributed by atoms with E-state index in [1.54, 1.807) is 0 Å². The SMILES string of the molecule is CC(C)N1C[C@H](CCOc2ncc(C(=O)O)o2)N(c2ccc3c(c2)CCC3)C1=O. The maximum Gasteiger partial charge on any atom is 0.394 e. The summed E-state index contributed by atoms with van der Waals surface area (Å²) in [5, 5.41) is 8.89. The highest BCUT2D eigenvalue weighted by atomic mass is 16.6. The Morgan fingerprint density at radius 1 is 1.34 bits per heavy atom. The van der Waals surface area contributed by atoms with E-state index in [9.17, 15) is 9.59 Å². The van der Waals surface area contributed by atoms with Gasteiger partial charge in [0.15, 0.2) is 0 Å². The molecule has 2 amide bonds. The molecule has 0 spiro atoms. The van der Waals surface area contributed by atoms with Crippen LogP contribution in [0.25, 0.3) is 0 Å². The maximum absolute atomic E-state index is 13.1. The molecule has 4 rings (SSSR count). The summed E-state index contributed by atoms with van der Waals surface area (Å²) >= 11 is 0. The number of hydrogen-bond acceptors (Lipinski definition) is 5. The molecule has 1 N–H and O–H groups in total. The zero-order valence-corrected chi connectivity index (χ0v) is 16.6. The number of hydrogen-bond donors (Lipinski definition) is 1. The molecular formula is C21H25N3O5. The fourth-order valence-electron chi connectivity index (χ4n) is 4.07. The van der Waals surface area contributed by atoms with E-state index in [0.29, 0.717) is 13.0 Å². The number of carbonyl (C=O) groups excluding carboxylic acids is 1. The van der Waals surface area contributed by atoms with Crippen molar-refractivity contribution in [1.82, 2.24) is 9.88 Å². The number of rotatable bonds is 7. The minimum atomic E-state index is -1.19. The first kappa shape index (κ1) is 19.3. The Labute approximate surface area is 169 Å². The number of aromatic carboxylic acids is 1. The largest absolute Gasteiger partial charge is 0.475 e. The highest BCUT2D eigenvalue weighted by molar-refractivity contribution is 5.95. The number of fused-ring (bicyclic) bond motifs is 1. The van der Waals surface area contributed by atoms with Gasteiger partial charge in [0.1, 0.15) is 0 Å². The van der Waals surface area contributed by atoms with Gasteiger partial charge in [0.2, 0.25) is 5.76 Å². The molecular weight excluding hydrogens is 374 g/mol. The maximum atomic E-state index is 13.1. The molecule has 1 fully saturated rings. The van der Waals surface area contributed by atoms with Gasteiger partial charge in [-0.05, 0) is 56.4 Å². The van der Waals surface area contributed by atoms with Gasteiger partial charge in [0.05, 0.1) is 18.8 Å². The molecule has 1 aliphatic heterocycles. The van der Waals surface area contributed by atoms with Crippen molar-refractivity contribution >= 4 is 17.7 Å². The Morgan fingerprint density at radius 3 is 2.86 bits per heavy atom. The lowest BCUT2D eigenvalue weighted by Crippen LogP contribution is -2.37. The van der Waals surface area contributed by atoms with Gasteiger partial charge in [0, 0.05) is 24.7 Å². The number of aromatic nitrogens is 1. The van der Waals surface area contributed by atoms with Crippen molar-refractivity contribution < 1.29 is 23.8 Å². The molecule has 2 aromatic rings. The summed E-state index contributed by atoms with van der Waals surface area (Å²) in [4.78, 5) is 31.5. The third-order valence-electron chi connectivity index (χ3n) is 5.58. The van der Waals surface area contributed by atoms with Crippen molar-refractivity contribution in [3.8, 4) is 6.08 Å². The lowest BCUT2D eigenvalue weighted by Gasteiger charge is -2.24. The summed E-state index contributed by atoms with van der Waals surface area (Å²) in [7, 11) is 0. The van der Waals surface area contributed by atoms with Gasteiger partial charge in [0.25, 0.3) is 0 Å². The second kappa shape index (κ2) is 7.77. The lowest BCUT2D eigenvalue weighted by molar-refractivity contribution is 0.0652. The fraction of sp³-hybridized carbons (Fsp3) is 0.476. The Kier molecular flexibility index (Phi) is 5.17. The molecule has 8 heteroatoms. The van der Waals surface area contributed by atoms with Crippen LogP contribution in [-0.2, 0) is 12.8 Å². The molecule has 29 heavy (non-hydrogen) atoms. The second-order valence-corrected chi connectivity index (χ2v) is 7.79. The van der Waals surface area contributed by atoms with Crippen LogP contribution in [0.2, 0.25) is 0 Å². The van der Waals surface area contributed by atoms with E-state index in [1.807, 2.05) is 29.7 Å².